The highest BCUT2D eigenvalue weighted by Crippen LogP contribution is 2.30. The Kier molecular flexibility index (Phi) is 6.65. The van der Waals surface area contributed by atoms with Crippen LogP contribution >= 0.6 is 11.6 Å². The summed E-state index contributed by atoms with van der Waals surface area (Å²) in [6.45, 7) is 1.95. The van der Waals surface area contributed by atoms with Crippen LogP contribution < -0.4 is 10.1 Å². The second-order valence-corrected chi connectivity index (χ2v) is 7.87. The number of amides is 1. The van der Waals surface area contributed by atoms with Gasteiger partial charge in [0.05, 0.1) is 17.1 Å². The number of benzene rings is 2. The maximum absolute atomic E-state index is 13.0. The van der Waals surface area contributed by atoms with E-state index in [4.69, 9.17) is 20.8 Å². The van der Waals surface area contributed by atoms with E-state index in [1.165, 1.54) is 16.8 Å². The van der Waals surface area contributed by atoms with Crippen LogP contribution in [0.3, 0.4) is 0 Å². The Bertz CT molecular complexity index is 1310. The lowest BCUT2D eigenvalue weighted by Gasteiger charge is -2.09. The van der Waals surface area contributed by atoms with Crippen molar-refractivity contribution in [2.75, 3.05) is 5.32 Å². The summed E-state index contributed by atoms with van der Waals surface area (Å²) in [7, 11) is 0. The molecule has 0 spiro atoms. The summed E-state index contributed by atoms with van der Waals surface area (Å²) < 4.78 is 51.5. The maximum atomic E-state index is 13.0. The minimum atomic E-state index is -4.42. The molecule has 176 valence electrons. The zero-order chi connectivity index (χ0) is 24.3. The molecule has 0 saturated carbocycles. The molecule has 4 rings (SSSR count). The second-order valence-electron chi connectivity index (χ2n) is 7.47. The summed E-state index contributed by atoms with van der Waals surface area (Å²) in [6, 6.07) is 16.8. The lowest BCUT2D eigenvalue weighted by atomic mass is 10.1. The van der Waals surface area contributed by atoms with Gasteiger partial charge in [-0.25, -0.2) is 0 Å². The molecule has 1 N–H and O–H groups in total. The third-order valence-corrected chi connectivity index (χ3v) is 5.21. The highest BCUT2D eigenvalue weighted by molar-refractivity contribution is 6.32. The highest BCUT2D eigenvalue weighted by Gasteiger charge is 2.30. The first-order valence-corrected chi connectivity index (χ1v) is 10.5. The summed E-state index contributed by atoms with van der Waals surface area (Å²) in [5.41, 5.74) is 0.379. The van der Waals surface area contributed by atoms with E-state index >= 15 is 0 Å². The van der Waals surface area contributed by atoms with Gasteiger partial charge in [-0.15, -0.1) is 0 Å². The van der Waals surface area contributed by atoms with Crippen LogP contribution in [0, 0.1) is 6.92 Å². The summed E-state index contributed by atoms with van der Waals surface area (Å²) in [5.74, 6) is 0.708. The molecule has 1 amide bonds. The van der Waals surface area contributed by atoms with Gasteiger partial charge in [-0.1, -0.05) is 35.9 Å². The van der Waals surface area contributed by atoms with Gasteiger partial charge in [-0.2, -0.15) is 18.3 Å². The normalized spacial score (nSPS) is 11.4. The number of halogens is 4. The van der Waals surface area contributed by atoms with E-state index in [1.54, 1.807) is 49.4 Å². The van der Waals surface area contributed by atoms with Crippen molar-refractivity contribution in [2.45, 2.75) is 26.3 Å². The lowest BCUT2D eigenvalue weighted by molar-refractivity contribution is -0.137. The van der Waals surface area contributed by atoms with Gasteiger partial charge in [0.1, 0.15) is 18.1 Å². The van der Waals surface area contributed by atoms with Gasteiger partial charge in [0.25, 0.3) is 5.91 Å². The number of carbonyl (C=O) groups excluding carboxylic acids is 1. The monoisotopic (exact) mass is 489 g/mol. The number of rotatable bonds is 7. The van der Waals surface area contributed by atoms with E-state index in [2.05, 4.69) is 10.4 Å². The number of nitrogens with zero attached hydrogens (tertiary/aromatic N) is 2. The predicted molar refractivity (Wildman–Crippen MR) is 120 cm³/mol. The van der Waals surface area contributed by atoms with E-state index in [9.17, 15) is 18.0 Å². The smallest absolute Gasteiger partial charge is 0.416 e. The minimum Gasteiger partial charge on any atom is -0.484 e. The van der Waals surface area contributed by atoms with Crippen LogP contribution in [0.4, 0.5) is 19.0 Å². The number of aryl methyl sites for hydroxylation is 1. The van der Waals surface area contributed by atoms with Crippen LogP contribution in [0.15, 0.2) is 71.1 Å². The molecule has 0 atom stereocenters. The van der Waals surface area contributed by atoms with Crippen LogP contribution in [0.2, 0.25) is 5.02 Å². The number of hydrogen-bond donors (Lipinski definition) is 1. The number of furan rings is 1. The number of anilines is 1. The van der Waals surface area contributed by atoms with E-state index in [-0.39, 0.29) is 24.7 Å². The number of aromatic nitrogens is 2. The van der Waals surface area contributed by atoms with Crippen molar-refractivity contribution in [3.8, 4) is 5.75 Å². The Morgan fingerprint density at radius 1 is 1.12 bits per heavy atom. The average molecular weight is 490 g/mol. The number of hydrogen-bond acceptors (Lipinski definition) is 4. The molecule has 0 aliphatic carbocycles. The third-order valence-electron chi connectivity index (χ3n) is 4.90. The highest BCUT2D eigenvalue weighted by atomic mass is 35.5. The molecule has 0 aliphatic heterocycles. The molecule has 6 nitrogen and oxygen atoms in total. The molecule has 0 saturated heterocycles. The zero-order valence-electron chi connectivity index (χ0n) is 17.9. The Balaban J connectivity index is 1.39. The number of alkyl halides is 3. The molecule has 34 heavy (non-hydrogen) atoms. The Hall–Kier alpha value is -3.72. The van der Waals surface area contributed by atoms with Gasteiger partial charge in [-0.3, -0.25) is 9.48 Å². The molecule has 0 fully saturated rings. The fraction of sp³-hybridized carbons (Fsp3) is 0.167. The van der Waals surface area contributed by atoms with Crippen molar-refractivity contribution in [3.05, 3.63) is 100 Å². The van der Waals surface area contributed by atoms with Crippen LogP contribution in [0.5, 0.6) is 5.75 Å². The van der Waals surface area contributed by atoms with Crippen molar-refractivity contribution < 1.29 is 27.1 Å². The van der Waals surface area contributed by atoms with Gasteiger partial charge in [0, 0.05) is 11.8 Å². The Morgan fingerprint density at radius 3 is 2.68 bits per heavy atom. The van der Waals surface area contributed by atoms with Gasteiger partial charge in [0.2, 0.25) is 0 Å². The van der Waals surface area contributed by atoms with Gasteiger partial charge in [-0.05, 0) is 48.9 Å². The Morgan fingerprint density at radius 2 is 1.91 bits per heavy atom. The lowest BCUT2D eigenvalue weighted by Crippen LogP contribution is -2.12. The van der Waals surface area contributed by atoms with E-state index in [0.29, 0.717) is 27.8 Å². The first kappa shape index (κ1) is 23.4. The number of carbonyl (C=O) groups is 1. The van der Waals surface area contributed by atoms with E-state index < -0.39 is 17.6 Å². The minimum absolute atomic E-state index is 0.0582. The number of para-hydroxylation sites is 1. The van der Waals surface area contributed by atoms with Crippen LogP contribution in [0.1, 0.15) is 33.1 Å². The number of ether oxygens (including phenoxy) is 1. The molecule has 2 aromatic carbocycles. The van der Waals surface area contributed by atoms with Crippen molar-refractivity contribution in [1.29, 1.82) is 0 Å². The number of nitrogens with one attached hydrogen (secondary N) is 1. The van der Waals surface area contributed by atoms with Crippen LogP contribution in [-0.4, -0.2) is 15.7 Å². The summed E-state index contributed by atoms with van der Waals surface area (Å²) in [6.07, 6.45) is -4.42. The SMILES string of the molecule is Cc1cc(NC(=O)c2ccc(COc3ccccc3Cl)o2)nn1Cc1cccc(C(F)(F)F)c1. The standard InChI is InChI=1S/C24H19ClF3N3O3/c1-15-11-22(30-31(15)13-16-5-4-6-17(12-16)24(26,27)28)29-23(32)21-10-9-18(34-21)14-33-20-8-3-2-7-19(20)25/h2-12H,13-14H2,1H3,(H,29,30,32). The molecule has 0 unspecified atom stereocenters. The van der Waals surface area contributed by atoms with Crippen LogP contribution in [0.25, 0.3) is 0 Å². The molecule has 2 heterocycles. The molecule has 0 bridgehead atoms. The average Bonchev–Trinajstić information content (AvgIpc) is 3.39. The topological polar surface area (TPSA) is 69.3 Å². The molecule has 4 aromatic rings. The largest absolute Gasteiger partial charge is 0.484 e. The molecule has 2 aromatic heterocycles. The molecule has 10 heteroatoms. The van der Waals surface area contributed by atoms with Crippen molar-refractivity contribution >= 4 is 23.3 Å². The fourth-order valence-electron chi connectivity index (χ4n) is 3.22. The quantitative estimate of drug-likeness (QED) is 0.329. The third kappa shape index (κ3) is 5.60. The predicted octanol–water partition coefficient (Wildman–Crippen LogP) is 6.34. The van der Waals surface area contributed by atoms with E-state index in [1.807, 2.05) is 0 Å². The zero-order valence-corrected chi connectivity index (χ0v) is 18.7. The maximum Gasteiger partial charge on any atom is 0.416 e. The van der Waals surface area contributed by atoms with Gasteiger partial charge < -0.3 is 14.5 Å². The summed E-state index contributed by atoms with van der Waals surface area (Å²) in [4.78, 5) is 12.5. The molecule has 0 radical (unpaired) electrons. The summed E-state index contributed by atoms with van der Waals surface area (Å²) >= 11 is 6.05. The molecule has 0 aliphatic rings. The fourth-order valence-corrected chi connectivity index (χ4v) is 3.41. The molecular weight excluding hydrogens is 471 g/mol. The Labute approximate surface area is 197 Å². The molecular formula is C24H19ClF3N3O3. The van der Waals surface area contributed by atoms with Crippen molar-refractivity contribution in [1.82, 2.24) is 9.78 Å². The van der Waals surface area contributed by atoms with Crippen molar-refractivity contribution in [3.63, 3.8) is 0 Å². The van der Waals surface area contributed by atoms with Gasteiger partial charge in [0.15, 0.2) is 11.6 Å². The first-order valence-electron chi connectivity index (χ1n) is 10.2. The van der Waals surface area contributed by atoms with Crippen LogP contribution in [-0.2, 0) is 19.3 Å². The van der Waals surface area contributed by atoms with Gasteiger partial charge >= 0.3 is 6.18 Å². The summed E-state index contributed by atoms with van der Waals surface area (Å²) in [5, 5.41) is 7.37. The second kappa shape index (κ2) is 9.64. The van der Waals surface area contributed by atoms with Crippen molar-refractivity contribution in [2.24, 2.45) is 0 Å². The first-order chi connectivity index (χ1) is 16.2. The van der Waals surface area contributed by atoms with E-state index in [0.717, 1.165) is 12.1 Å².